The van der Waals surface area contributed by atoms with Crippen molar-refractivity contribution < 1.29 is 0 Å². The molecule has 68 heavy (non-hydrogen) atoms. The summed E-state index contributed by atoms with van der Waals surface area (Å²) in [6.07, 6.45) is 0. The van der Waals surface area contributed by atoms with Gasteiger partial charge in [0.05, 0.1) is 4.88 Å². The minimum atomic E-state index is -0.406. The Morgan fingerprint density at radius 2 is 0.721 bits per heavy atom. The molecule has 4 heteroatoms. The molecule has 13 rings (SSSR count). The molecule has 0 fully saturated rings. The lowest BCUT2D eigenvalue weighted by atomic mass is 9.81. The lowest BCUT2D eigenvalue weighted by Gasteiger charge is -2.23. The fourth-order valence-electron chi connectivity index (χ4n) is 10.6. The van der Waals surface area contributed by atoms with E-state index in [-0.39, 0.29) is 0 Å². The number of hydrogen-bond donors (Lipinski definition) is 0. The highest BCUT2D eigenvalue weighted by Crippen LogP contribution is 2.60. The molecule has 2 heterocycles. The van der Waals surface area contributed by atoms with Gasteiger partial charge in [0, 0.05) is 27.0 Å². The maximum Gasteiger partial charge on any atom is 0.174 e. The van der Waals surface area contributed by atoms with Gasteiger partial charge in [0.25, 0.3) is 0 Å². The first-order valence-corrected chi connectivity index (χ1v) is 24.1. The summed E-state index contributed by atoms with van der Waals surface area (Å²) in [6.45, 7) is 4.77. The molecule has 0 radical (unpaired) electrons. The Morgan fingerprint density at radius 3 is 1.25 bits per heavy atom. The zero-order chi connectivity index (χ0) is 45.3. The normalized spacial score (nSPS) is 12.7. The Kier molecular flexibility index (Phi) is 9.38. The second kappa shape index (κ2) is 15.9. The number of thiophene rings is 1. The van der Waals surface area contributed by atoms with E-state index in [1.807, 2.05) is 36.4 Å². The second-order valence-electron chi connectivity index (χ2n) is 18.3. The van der Waals surface area contributed by atoms with Gasteiger partial charge in [-0.05, 0) is 118 Å². The van der Waals surface area contributed by atoms with Gasteiger partial charge in [-0.3, -0.25) is 0 Å². The maximum atomic E-state index is 5.37. The molecule has 320 valence electrons. The Morgan fingerprint density at radius 1 is 0.309 bits per heavy atom. The van der Waals surface area contributed by atoms with Crippen LogP contribution in [0.25, 0.3) is 121 Å². The summed E-state index contributed by atoms with van der Waals surface area (Å²) in [7, 11) is 0. The standard InChI is InChI=1S/C64H43N3S/c1-64(2)56-39-45(44-31-33-53-51-29-16-15-27-49(51)50-28-17-18-30-52(50)55(53)38-44)32-34-54(56)57-58(64)60(63-66-61(42-23-11-5-12-24-42)65-62(67-63)43-25-13-6-14-26-43)68-59(57)48-36-46(40-19-7-3-8-20-40)35-47(37-48)41-21-9-4-10-22-41/h3-39H,1-2H3. The van der Waals surface area contributed by atoms with Crippen LogP contribution in [0.3, 0.4) is 0 Å². The van der Waals surface area contributed by atoms with E-state index in [1.165, 1.54) is 98.4 Å². The van der Waals surface area contributed by atoms with Crippen molar-refractivity contribution in [3.63, 3.8) is 0 Å². The van der Waals surface area contributed by atoms with Crippen LogP contribution < -0.4 is 0 Å². The Bertz CT molecular complexity index is 3760. The van der Waals surface area contributed by atoms with E-state index in [9.17, 15) is 0 Å². The number of rotatable bonds is 7. The third-order valence-corrected chi connectivity index (χ3v) is 15.1. The molecule has 0 saturated heterocycles. The number of nitrogens with zero attached hydrogens (tertiary/aromatic N) is 3. The third kappa shape index (κ3) is 6.59. The lowest BCUT2D eigenvalue weighted by Crippen LogP contribution is -2.16. The largest absolute Gasteiger partial charge is 0.208 e. The van der Waals surface area contributed by atoms with Gasteiger partial charge < -0.3 is 0 Å². The van der Waals surface area contributed by atoms with Crippen molar-refractivity contribution in [3.05, 3.63) is 236 Å². The summed E-state index contributed by atoms with van der Waals surface area (Å²) < 4.78 is 0. The molecule has 1 aliphatic rings. The maximum absolute atomic E-state index is 5.37. The molecule has 0 atom stereocenters. The summed E-state index contributed by atoms with van der Waals surface area (Å²) in [6, 6.07) is 80.9. The quantitative estimate of drug-likeness (QED) is 0.150. The van der Waals surface area contributed by atoms with Gasteiger partial charge in [-0.25, -0.2) is 15.0 Å². The molecular formula is C64H43N3S. The second-order valence-corrected chi connectivity index (χ2v) is 19.3. The number of aromatic nitrogens is 3. The lowest BCUT2D eigenvalue weighted by molar-refractivity contribution is 0.663. The minimum absolute atomic E-state index is 0.406. The van der Waals surface area contributed by atoms with Gasteiger partial charge in [0.2, 0.25) is 0 Å². The van der Waals surface area contributed by atoms with Crippen LogP contribution in [0.4, 0.5) is 0 Å². The van der Waals surface area contributed by atoms with E-state index in [2.05, 4.69) is 202 Å². The minimum Gasteiger partial charge on any atom is -0.208 e. The fraction of sp³-hybridized carbons (Fsp3) is 0.0469. The summed E-state index contributed by atoms with van der Waals surface area (Å²) in [5, 5.41) is 7.66. The first kappa shape index (κ1) is 40.0. The van der Waals surface area contributed by atoms with Crippen molar-refractivity contribution in [1.82, 2.24) is 15.0 Å². The van der Waals surface area contributed by atoms with Crippen molar-refractivity contribution in [1.29, 1.82) is 0 Å². The van der Waals surface area contributed by atoms with Gasteiger partial charge in [0.15, 0.2) is 17.5 Å². The third-order valence-electron chi connectivity index (χ3n) is 13.9. The molecule has 0 N–H and O–H groups in total. The van der Waals surface area contributed by atoms with Crippen molar-refractivity contribution in [2.45, 2.75) is 19.3 Å². The van der Waals surface area contributed by atoms with E-state index in [1.54, 1.807) is 11.3 Å². The van der Waals surface area contributed by atoms with E-state index in [0.29, 0.717) is 17.5 Å². The van der Waals surface area contributed by atoms with E-state index >= 15 is 0 Å². The van der Waals surface area contributed by atoms with E-state index in [0.717, 1.165) is 16.0 Å². The summed E-state index contributed by atoms with van der Waals surface area (Å²) in [5.41, 5.74) is 14.8. The van der Waals surface area contributed by atoms with Gasteiger partial charge in [-0.15, -0.1) is 11.3 Å². The highest BCUT2D eigenvalue weighted by Gasteiger charge is 2.42. The Hall–Kier alpha value is -8.31. The molecule has 0 spiro atoms. The molecular weight excluding hydrogens is 843 g/mol. The number of benzene rings is 10. The first-order valence-electron chi connectivity index (χ1n) is 23.3. The van der Waals surface area contributed by atoms with Crippen LogP contribution in [0.1, 0.15) is 25.0 Å². The number of hydrogen-bond acceptors (Lipinski definition) is 4. The van der Waals surface area contributed by atoms with Crippen LogP contribution in [0.5, 0.6) is 0 Å². The van der Waals surface area contributed by atoms with Crippen molar-refractivity contribution >= 4 is 43.7 Å². The van der Waals surface area contributed by atoms with Gasteiger partial charge in [-0.1, -0.05) is 208 Å². The van der Waals surface area contributed by atoms with Gasteiger partial charge in [0.1, 0.15) is 0 Å². The molecule has 0 bridgehead atoms. The zero-order valence-electron chi connectivity index (χ0n) is 37.6. The highest BCUT2D eigenvalue weighted by molar-refractivity contribution is 7.19. The average Bonchev–Trinajstić information content (AvgIpc) is 3.93. The summed E-state index contributed by atoms with van der Waals surface area (Å²) in [5.74, 6) is 1.99. The number of fused-ring (bicyclic) bond motifs is 9. The Labute approximate surface area is 399 Å². The monoisotopic (exact) mass is 885 g/mol. The molecule has 0 unspecified atom stereocenters. The van der Waals surface area contributed by atoms with Gasteiger partial charge >= 0.3 is 0 Å². The van der Waals surface area contributed by atoms with Crippen molar-refractivity contribution in [2.75, 3.05) is 0 Å². The van der Waals surface area contributed by atoms with Crippen LogP contribution in [0.15, 0.2) is 224 Å². The zero-order valence-corrected chi connectivity index (χ0v) is 38.4. The van der Waals surface area contributed by atoms with Crippen LogP contribution >= 0.6 is 11.3 Å². The van der Waals surface area contributed by atoms with E-state index in [4.69, 9.17) is 15.0 Å². The molecule has 0 amide bonds. The Balaban J connectivity index is 1.06. The van der Waals surface area contributed by atoms with Crippen LogP contribution in [-0.4, -0.2) is 15.0 Å². The average molecular weight is 886 g/mol. The SMILES string of the molecule is CC1(C)c2cc(-c3ccc4c5ccccc5c5ccccc5c4c3)ccc2-c2c(-c3cc(-c4ccccc4)cc(-c4ccccc4)c3)sc(-c3nc(-c4ccccc4)nc(-c4ccccc4)n3)c21. The van der Waals surface area contributed by atoms with Crippen LogP contribution in [-0.2, 0) is 5.41 Å². The molecule has 3 nitrogen and oxygen atoms in total. The predicted molar refractivity (Wildman–Crippen MR) is 286 cm³/mol. The molecule has 0 saturated carbocycles. The smallest absolute Gasteiger partial charge is 0.174 e. The topological polar surface area (TPSA) is 38.7 Å². The fourth-order valence-corrected chi connectivity index (χ4v) is 12.0. The van der Waals surface area contributed by atoms with Crippen LogP contribution in [0.2, 0.25) is 0 Å². The molecule has 1 aliphatic carbocycles. The van der Waals surface area contributed by atoms with Crippen molar-refractivity contribution in [3.8, 4) is 88.4 Å². The highest BCUT2D eigenvalue weighted by atomic mass is 32.1. The van der Waals surface area contributed by atoms with Crippen molar-refractivity contribution in [2.24, 2.45) is 0 Å². The van der Waals surface area contributed by atoms with Gasteiger partial charge in [-0.2, -0.15) is 0 Å². The van der Waals surface area contributed by atoms with Crippen LogP contribution in [0, 0.1) is 0 Å². The molecule has 12 aromatic rings. The molecule has 0 aliphatic heterocycles. The summed E-state index contributed by atoms with van der Waals surface area (Å²) in [4.78, 5) is 18.1. The van der Waals surface area contributed by atoms with E-state index < -0.39 is 5.41 Å². The summed E-state index contributed by atoms with van der Waals surface area (Å²) >= 11 is 1.80. The molecule has 10 aromatic carbocycles. The predicted octanol–water partition coefficient (Wildman–Crippen LogP) is 17.4. The first-order chi connectivity index (χ1) is 33.5. The molecule has 2 aromatic heterocycles.